The molecule has 30 heavy (non-hydrogen) atoms. The van der Waals surface area contributed by atoms with Crippen molar-refractivity contribution in [3.05, 3.63) is 95.4 Å². The quantitative estimate of drug-likeness (QED) is 0.331. The zero-order chi connectivity index (χ0) is 22.5. The molecule has 1 aromatic carbocycles. The minimum Gasteiger partial charge on any atom is -0.365 e. The Labute approximate surface area is 184 Å². The van der Waals surface area contributed by atoms with E-state index in [-0.39, 0.29) is 11.5 Å². The van der Waals surface area contributed by atoms with Gasteiger partial charge in [0.2, 0.25) is 0 Å². The smallest absolute Gasteiger partial charge is 0.0940 e. The van der Waals surface area contributed by atoms with Crippen LogP contribution in [0.5, 0.6) is 0 Å². The van der Waals surface area contributed by atoms with Crippen molar-refractivity contribution in [2.45, 2.75) is 64.8 Å². The molecule has 1 N–H and O–H groups in total. The number of nitrogens with one attached hydrogen (secondary N) is 1. The lowest BCUT2D eigenvalue weighted by atomic mass is 9.75. The molecule has 1 aliphatic rings. The Morgan fingerprint density at radius 2 is 1.73 bits per heavy atom. The maximum atomic E-state index is 4.26. The van der Waals surface area contributed by atoms with Gasteiger partial charge in [-0.1, -0.05) is 55.1 Å². The number of hydrogen-bond acceptors (Lipinski definition) is 2. The van der Waals surface area contributed by atoms with Crippen LogP contribution in [-0.4, -0.2) is 24.5 Å². The first-order valence-corrected chi connectivity index (χ1v) is 11.0. The molecule has 0 saturated heterocycles. The van der Waals surface area contributed by atoms with Gasteiger partial charge in [-0.15, -0.1) is 6.58 Å². The van der Waals surface area contributed by atoms with Gasteiger partial charge in [-0.3, -0.25) is 0 Å². The third-order valence-corrected chi connectivity index (χ3v) is 6.54. The van der Waals surface area contributed by atoms with Crippen LogP contribution >= 0.6 is 0 Å². The number of benzene rings is 1. The van der Waals surface area contributed by atoms with Crippen molar-refractivity contribution in [3.63, 3.8) is 0 Å². The van der Waals surface area contributed by atoms with E-state index in [2.05, 4.69) is 102 Å². The summed E-state index contributed by atoms with van der Waals surface area (Å²) in [5.74, 6) is 1.75. The minimum atomic E-state index is -0.369. The molecule has 0 unspecified atom stereocenters. The van der Waals surface area contributed by atoms with Crippen molar-refractivity contribution in [2.75, 3.05) is 14.1 Å². The van der Waals surface area contributed by atoms with Crippen molar-refractivity contribution in [2.24, 2.45) is 0 Å². The van der Waals surface area contributed by atoms with Gasteiger partial charge >= 0.3 is 0 Å². The van der Waals surface area contributed by atoms with E-state index in [9.17, 15) is 0 Å². The zero-order valence-corrected chi connectivity index (χ0v) is 20.0. The standard InChI is InChI=1S/C28H40N2/c1-10-20(4)23(11-2)19-21(5)28(7,29-22(6)30(8)9)27(12-3)26-17-15-25(16-18-26)24-13-14-24/h10-12,15-19,24,27,29H,3,6,13-14H2,1-2,4-5,7-9H3/b20-10+,21-19+,23-11+/t27-,28-/m1/s1. The molecule has 0 aromatic heterocycles. The maximum Gasteiger partial charge on any atom is 0.0940 e. The number of rotatable bonds is 10. The largest absolute Gasteiger partial charge is 0.365 e. The lowest BCUT2D eigenvalue weighted by Gasteiger charge is -2.41. The lowest BCUT2D eigenvalue weighted by Crippen LogP contribution is -2.49. The molecule has 162 valence electrons. The molecule has 1 saturated carbocycles. The fraction of sp³-hybridized carbons (Fsp3) is 0.429. The van der Waals surface area contributed by atoms with Gasteiger partial charge < -0.3 is 10.2 Å². The molecule has 2 rings (SSSR count). The monoisotopic (exact) mass is 404 g/mol. The molecule has 0 spiro atoms. The van der Waals surface area contributed by atoms with Crippen LogP contribution in [0.3, 0.4) is 0 Å². The Kier molecular flexibility index (Phi) is 7.95. The van der Waals surface area contributed by atoms with E-state index in [0.717, 1.165) is 11.7 Å². The molecule has 0 amide bonds. The van der Waals surface area contributed by atoms with Crippen LogP contribution < -0.4 is 5.32 Å². The Balaban J connectivity index is 2.52. The molecular formula is C28H40N2. The molecule has 0 heterocycles. The molecule has 2 heteroatoms. The number of allylic oxidation sites excluding steroid dienone is 5. The first kappa shape index (κ1) is 23.8. The second-order valence-electron chi connectivity index (χ2n) is 8.87. The summed E-state index contributed by atoms with van der Waals surface area (Å²) in [6.07, 6.45) is 11.3. The Bertz CT molecular complexity index is 847. The third kappa shape index (κ3) is 5.36. The molecule has 0 radical (unpaired) electrons. The highest BCUT2D eigenvalue weighted by atomic mass is 15.2. The normalized spacial score (nSPS) is 18.4. The van der Waals surface area contributed by atoms with Crippen LogP contribution in [0.25, 0.3) is 0 Å². The molecule has 0 aliphatic heterocycles. The summed E-state index contributed by atoms with van der Waals surface area (Å²) >= 11 is 0. The van der Waals surface area contributed by atoms with Gasteiger partial charge in [0.1, 0.15) is 0 Å². The predicted molar refractivity (Wildman–Crippen MR) is 133 cm³/mol. The molecule has 2 nitrogen and oxygen atoms in total. The van der Waals surface area contributed by atoms with Gasteiger partial charge in [-0.25, -0.2) is 0 Å². The summed E-state index contributed by atoms with van der Waals surface area (Å²) in [6, 6.07) is 9.15. The lowest BCUT2D eigenvalue weighted by molar-refractivity contribution is 0.350. The van der Waals surface area contributed by atoms with E-state index in [4.69, 9.17) is 0 Å². The zero-order valence-electron chi connectivity index (χ0n) is 20.0. The number of hydrogen-bond donors (Lipinski definition) is 1. The van der Waals surface area contributed by atoms with Gasteiger partial charge in [0.25, 0.3) is 0 Å². The Hall–Kier alpha value is -2.48. The van der Waals surface area contributed by atoms with E-state index in [1.165, 1.54) is 40.7 Å². The van der Waals surface area contributed by atoms with Crippen LogP contribution in [0.15, 0.2) is 84.3 Å². The highest BCUT2D eigenvalue weighted by Crippen LogP contribution is 2.42. The second kappa shape index (κ2) is 10.0. The molecule has 1 aliphatic carbocycles. The van der Waals surface area contributed by atoms with Crippen LogP contribution in [0.2, 0.25) is 0 Å². The topological polar surface area (TPSA) is 15.3 Å². The molecule has 1 aromatic rings. The molecule has 0 bridgehead atoms. The van der Waals surface area contributed by atoms with E-state index in [0.29, 0.717) is 0 Å². The summed E-state index contributed by atoms with van der Waals surface area (Å²) in [7, 11) is 4.03. The Morgan fingerprint density at radius 3 is 2.17 bits per heavy atom. The average molecular weight is 405 g/mol. The van der Waals surface area contributed by atoms with E-state index in [1.54, 1.807) is 0 Å². The summed E-state index contributed by atoms with van der Waals surface area (Å²) < 4.78 is 0. The molecule has 1 fully saturated rings. The first-order valence-electron chi connectivity index (χ1n) is 11.0. The van der Waals surface area contributed by atoms with E-state index >= 15 is 0 Å². The van der Waals surface area contributed by atoms with E-state index < -0.39 is 0 Å². The van der Waals surface area contributed by atoms with Crippen LogP contribution in [-0.2, 0) is 0 Å². The molecular weight excluding hydrogens is 364 g/mol. The third-order valence-electron chi connectivity index (χ3n) is 6.54. The first-order chi connectivity index (χ1) is 14.2. The van der Waals surface area contributed by atoms with Crippen LogP contribution in [0, 0.1) is 0 Å². The highest BCUT2D eigenvalue weighted by molar-refractivity contribution is 5.45. The summed E-state index contributed by atoms with van der Waals surface area (Å²) in [4.78, 5) is 2.02. The van der Waals surface area contributed by atoms with Crippen molar-refractivity contribution in [3.8, 4) is 0 Å². The van der Waals surface area contributed by atoms with Crippen molar-refractivity contribution in [1.29, 1.82) is 0 Å². The van der Waals surface area contributed by atoms with Gasteiger partial charge in [-0.05, 0) is 81.2 Å². The van der Waals surface area contributed by atoms with Crippen molar-refractivity contribution >= 4 is 0 Å². The summed E-state index contributed by atoms with van der Waals surface area (Å²) in [5, 5.41) is 3.72. The summed E-state index contributed by atoms with van der Waals surface area (Å²) in [5.41, 5.74) is 6.12. The van der Waals surface area contributed by atoms with Crippen molar-refractivity contribution in [1.82, 2.24) is 10.2 Å². The van der Waals surface area contributed by atoms with Gasteiger partial charge in [0.15, 0.2) is 0 Å². The Morgan fingerprint density at radius 1 is 1.13 bits per heavy atom. The van der Waals surface area contributed by atoms with Crippen LogP contribution in [0.4, 0.5) is 0 Å². The van der Waals surface area contributed by atoms with Crippen LogP contribution in [0.1, 0.15) is 70.4 Å². The highest BCUT2D eigenvalue weighted by Gasteiger charge is 2.36. The maximum absolute atomic E-state index is 4.26. The molecule has 2 atom stereocenters. The van der Waals surface area contributed by atoms with Gasteiger partial charge in [-0.2, -0.15) is 0 Å². The minimum absolute atomic E-state index is 0.0997. The second-order valence-corrected chi connectivity index (χ2v) is 8.87. The van der Waals surface area contributed by atoms with E-state index in [1.807, 2.05) is 19.0 Å². The van der Waals surface area contributed by atoms with Crippen molar-refractivity contribution < 1.29 is 0 Å². The van der Waals surface area contributed by atoms with Gasteiger partial charge in [0.05, 0.1) is 11.4 Å². The average Bonchev–Trinajstić information content (AvgIpc) is 3.57. The SMILES string of the molecule is C=C[C@H](c1ccc(C2CC2)cc1)[C@](C)(NC(=C)N(C)C)/C(C)=C/C(=C\C)C(/C)=C/C. The fourth-order valence-electron chi connectivity index (χ4n) is 3.91. The fourth-order valence-corrected chi connectivity index (χ4v) is 3.91. The summed E-state index contributed by atoms with van der Waals surface area (Å²) in [6.45, 7) is 19.3. The number of nitrogens with zero attached hydrogens (tertiary/aromatic N) is 1. The van der Waals surface area contributed by atoms with Gasteiger partial charge in [0, 0.05) is 20.0 Å². The predicted octanol–water partition coefficient (Wildman–Crippen LogP) is 7.07.